The zero-order valence-corrected chi connectivity index (χ0v) is 11.6. The van der Waals surface area contributed by atoms with Gasteiger partial charge in [-0.25, -0.2) is 0 Å². The minimum Gasteiger partial charge on any atom is -0.492 e. The standard InChI is InChI=1S/C11H12BrF3OS/c1-8-2-3-9(17-7-11(13,14)15)6-10(8)16-5-4-12/h2-3,6H,4-5,7H2,1H3. The highest BCUT2D eigenvalue weighted by molar-refractivity contribution is 9.09. The van der Waals surface area contributed by atoms with E-state index in [9.17, 15) is 13.2 Å². The molecular formula is C11H12BrF3OS. The molecule has 0 unspecified atom stereocenters. The van der Waals surface area contributed by atoms with Crippen molar-refractivity contribution in [1.29, 1.82) is 0 Å². The molecule has 1 rings (SSSR count). The van der Waals surface area contributed by atoms with Gasteiger partial charge in [0.15, 0.2) is 0 Å². The number of thioether (sulfide) groups is 1. The minimum absolute atomic E-state index is 0.494. The molecule has 0 spiro atoms. The Hall–Kier alpha value is -0.360. The number of ether oxygens (including phenoxy) is 1. The molecule has 0 aromatic heterocycles. The van der Waals surface area contributed by atoms with Gasteiger partial charge in [-0.05, 0) is 24.6 Å². The molecule has 0 bridgehead atoms. The first-order chi connectivity index (χ1) is 7.92. The molecule has 1 aromatic carbocycles. The molecule has 6 heteroatoms. The quantitative estimate of drug-likeness (QED) is 0.584. The SMILES string of the molecule is Cc1ccc(SCC(F)(F)F)cc1OCCBr. The highest BCUT2D eigenvalue weighted by Crippen LogP contribution is 2.30. The van der Waals surface area contributed by atoms with Gasteiger partial charge in [0.25, 0.3) is 0 Å². The first-order valence-corrected chi connectivity index (χ1v) is 7.02. The predicted molar refractivity (Wildman–Crippen MR) is 67.2 cm³/mol. The number of hydrogen-bond acceptors (Lipinski definition) is 2. The Labute approximate surface area is 111 Å². The second-order valence-electron chi connectivity index (χ2n) is 3.37. The molecular weight excluding hydrogens is 317 g/mol. The Bertz CT molecular complexity index is 368. The van der Waals surface area contributed by atoms with E-state index in [1.54, 1.807) is 18.2 Å². The summed E-state index contributed by atoms with van der Waals surface area (Å²) in [4.78, 5) is 0.567. The van der Waals surface area contributed by atoms with Gasteiger partial charge in [-0.3, -0.25) is 0 Å². The van der Waals surface area contributed by atoms with Gasteiger partial charge in [-0.2, -0.15) is 13.2 Å². The van der Waals surface area contributed by atoms with E-state index in [4.69, 9.17) is 4.74 Å². The van der Waals surface area contributed by atoms with E-state index < -0.39 is 11.9 Å². The molecule has 1 aromatic rings. The Kier molecular flexibility index (Phi) is 5.66. The maximum absolute atomic E-state index is 12.1. The minimum atomic E-state index is -4.15. The number of benzene rings is 1. The zero-order chi connectivity index (χ0) is 12.9. The lowest BCUT2D eigenvalue weighted by atomic mass is 10.2. The number of alkyl halides is 4. The van der Waals surface area contributed by atoms with Crippen LogP contribution in [0.5, 0.6) is 5.75 Å². The molecule has 0 aliphatic heterocycles. The first-order valence-electron chi connectivity index (χ1n) is 4.91. The Balaban J connectivity index is 2.67. The van der Waals surface area contributed by atoms with Gasteiger partial charge in [-0.1, -0.05) is 22.0 Å². The first kappa shape index (κ1) is 14.7. The van der Waals surface area contributed by atoms with Crippen molar-refractivity contribution < 1.29 is 17.9 Å². The van der Waals surface area contributed by atoms with Gasteiger partial charge in [0.05, 0.1) is 12.4 Å². The molecule has 0 atom stereocenters. The van der Waals surface area contributed by atoms with Crippen LogP contribution in [-0.4, -0.2) is 23.9 Å². The van der Waals surface area contributed by atoms with Crippen LogP contribution in [0, 0.1) is 6.92 Å². The van der Waals surface area contributed by atoms with Crippen LogP contribution in [-0.2, 0) is 0 Å². The normalized spacial score (nSPS) is 11.6. The second-order valence-corrected chi connectivity index (χ2v) is 5.21. The monoisotopic (exact) mass is 328 g/mol. The summed E-state index contributed by atoms with van der Waals surface area (Å²) in [6.07, 6.45) is -4.15. The maximum atomic E-state index is 12.1. The maximum Gasteiger partial charge on any atom is 0.398 e. The average molecular weight is 329 g/mol. The molecule has 1 nitrogen and oxygen atoms in total. The van der Waals surface area contributed by atoms with Gasteiger partial charge >= 0.3 is 6.18 Å². The second kappa shape index (κ2) is 6.54. The lowest BCUT2D eigenvalue weighted by Crippen LogP contribution is -2.10. The average Bonchev–Trinajstić information content (AvgIpc) is 2.25. The van der Waals surface area contributed by atoms with Crippen molar-refractivity contribution in [2.24, 2.45) is 0 Å². The smallest absolute Gasteiger partial charge is 0.398 e. The number of hydrogen-bond donors (Lipinski definition) is 0. The van der Waals surface area contributed by atoms with Crippen LogP contribution in [0.1, 0.15) is 5.56 Å². The molecule has 0 aliphatic rings. The molecule has 0 radical (unpaired) electrons. The molecule has 17 heavy (non-hydrogen) atoms. The summed E-state index contributed by atoms with van der Waals surface area (Å²) < 4.78 is 41.6. The largest absolute Gasteiger partial charge is 0.492 e. The number of rotatable bonds is 5. The fourth-order valence-electron chi connectivity index (χ4n) is 1.14. The molecule has 96 valence electrons. The van der Waals surface area contributed by atoms with Crippen molar-refractivity contribution in [2.45, 2.75) is 18.0 Å². The van der Waals surface area contributed by atoms with Crippen LogP contribution in [0.25, 0.3) is 0 Å². The molecule has 0 aliphatic carbocycles. The summed E-state index contributed by atoms with van der Waals surface area (Å²) in [6.45, 7) is 2.36. The van der Waals surface area contributed by atoms with Crippen LogP contribution in [0.15, 0.2) is 23.1 Å². The highest BCUT2D eigenvalue weighted by atomic mass is 79.9. The van der Waals surface area contributed by atoms with Crippen molar-refractivity contribution in [2.75, 3.05) is 17.7 Å². The Morgan fingerprint density at radius 3 is 2.65 bits per heavy atom. The fourth-order valence-corrected chi connectivity index (χ4v) is 1.99. The summed E-state index contributed by atoms with van der Waals surface area (Å²) in [5, 5.41) is 0.687. The number of aryl methyl sites for hydroxylation is 1. The molecule has 0 N–H and O–H groups in total. The van der Waals surface area contributed by atoms with Gasteiger partial charge in [-0.15, -0.1) is 11.8 Å². The third-order valence-corrected chi connectivity index (χ3v) is 3.28. The predicted octanol–water partition coefficient (Wildman–Crippen LogP) is 4.42. The topological polar surface area (TPSA) is 9.23 Å². The molecule has 0 fully saturated rings. The van der Waals surface area contributed by atoms with E-state index in [0.29, 0.717) is 22.6 Å². The third-order valence-electron chi connectivity index (χ3n) is 1.90. The van der Waals surface area contributed by atoms with Crippen LogP contribution < -0.4 is 4.74 Å². The molecule has 0 heterocycles. The Morgan fingerprint density at radius 1 is 1.35 bits per heavy atom. The van der Waals surface area contributed by atoms with E-state index in [1.165, 1.54) is 0 Å². The van der Waals surface area contributed by atoms with E-state index in [2.05, 4.69) is 15.9 Å². The van der Waals surface area contributed by atoms with Gasteiger partial charge in [0, 0.05) is 10.2 Å². The zero-order valence-electron chi connectivity index (χ0n) is 9.18. The third kappa shape index (κ3) is 5.68. The summed E-state index contributed by atoms with van der Waals surface area (Å²) >= 11 is 3.99. The van der Waals surface area contributed by atoms with Crippen molar-refractivity contribution in [3.05, 3.63) is 23.8 Å². The van der Waals surface area contributed by atoms with Crippen molar-refractivity contribution in [3.63, 3.8) is 0 Å². The summed E-state index contributed by atoms with van der Waals surface area (Å²) in [5.41, 5.74) is 0.919. The van der Waals surface area contributed by atoms with Gasteiger partial charge in [0.1, 0.15) is 5.75 Å². The van der Waals surface area contributed by atoms with Crippen LogP contribution >= 0.6 is 27.7 Å². The molecule has 0 amide bonds. The van der Waals surface area contributed by atoms with Gasteiger partial charge < -0.3 is 4.74 Å². The lowest BCUT2D eigenvalue weighted by molar-refractivity contribution is -0.105. The van der Waals surface area contributed by atoms with Crippen LogP contribution in [0.4, 0.5) is 13.2 Å². The lowest BCUT2D eigenvalue weighted by Gasteiger charge is -2.10. The summed E-state index contributed by atoms with van der Waals surface area (Å²) in [6, 6.07) is 5.09. The highest BCUT2D eigenvalue weighted by Gasteiger charge is 2.27. The van der Waals surface area contributed by atoms with Crippen LogP contribution in [0.3, 0.4) is 0 Å². The molecule has 0 saturated carbocycles. The van der Waals surface area contributed by atoms with E-state index >= 15 is 0 Å². The Morgan fingerprint density at radius 2 is 2.06 bits per heavy atom. The van der Waals surface area contributed by atoms with E-state index in [-0.39, 0.29) is 0 Å². The molecule has 0 saturated heterocycles. The van der Waals surface area contributed by atoms with Crippen molar-refractivity contribution in [3.8, 4) is 5.75 Å². The summed E-state index contributed by atoms with van der Waals surface area (Å²) in [7, 11) is 0. The fraction of sp³-hybridized carbons (Fsp3) is 0.455. The van der Waals surface area contributed by atoms with E-state index in [0.717, 1.165) is 17.3 Å². The van der Waals surface area contributed by atoms with Crippen molar-refractivity contribution >= 4 is 27.7 Å². The van der Waals surface area contributed by atoms with Gasteiger partial charge in [0.2, 0.25) is 0 Å². The number of halogens is 4. The summed E-state index contributed by atoms with van der Waals surface area (Å²) in [5.74, 6) is -0.245. The van der Waals surface area contributed by atoms with Crippen molar-refractivity contribution in [1.82, 2.24) is 0 Å². The van der Waals surface area contributed by atoms with Crippen LogP contribution in [0.2, 0.25) is 0 Å². The van der Waals surface area contributed by atoms with E-state index in [1.807, 2.05) is 6.92 Å².